The molecule has 1 fully saturated rings. The largest absolute Gasteiger partial charge is 0.507 e. The summed E-state index contributed by atoms with van der Waals surface area (Å²) < 4.78 is 11.4. The van der Waals surface area contributed by atoms with Crippen LogP contribution in [0.4, 0.5) is 5.13 Å². The van der Waals surface area contributed by atoms with E-state index in [2.05, 4.69) is 4.98 Å². The van der Waals surface area contributed by atoms with Crippen molar-refractivity contribution in [3.63, 3.8) is 0 Å². The maximum Gasteiger partial charge on any atom is 0.301 e. The average Bonchev–Trinajstić information content (AvgIpc) is 3.41. The van der Waals surface area contributed by atoms with Gasteiger partial charge in [0, 0.05) is 5.56 Å². The van der Waals surface area contributed by atoms with Gasteiger partial charge in [0.15, 0.2) is 16.6 Å². The lowest BCUT2D eigenvalue weighted by atomic mass is 9.95. The molecule has 0 spiro atoms. The Morgan fingerprint density at radius 1 is 1.03 bits per heavy atom. The number of methoxy groups -OCH3 is 2. The topological polar surface area (TPSA) is 109 Å². The molecule has 0 saturated carbocycles. The number of Topliss-reactive ketones (excluding diaryl/α,β-unsaturated/α-hetero) is 1. The smallest absolute Gasteiger partial charge is 0.301 e. The number of amides is 1. The van der Waals surface area contributed by atoms with Gasteiger partial charge in [-0.15, -0.1) is 0 Å². The number of aliphatic hydroxyl groups is 1. The number of thiazole rings is 1. The highest BCUT2D eigenvalue weighted by Crippen LogP contribution is 2.45. The number of aliphatic hydroxyl groups excluding tert-OH is 1. The number of hydrogen-bond donors (Lipinski definition) is 2. The molecule has 4 aromatic rings. The fourth-order valence-corrected chi connectivity index (χ4v) is 5.35. The molecule has 0 aliphatic carbocycles. The van der Waals surface area contributed by atoms with Crippen molar-refractivity contribution in [1.82, 2.24) is 4.98 Å². The van der Waals surface area contributed by atoms with Crippen molar-refractivity contribution in [3.8, 4) is 17.2 Å². The van der Waals surface area contributed by atoms with E-state index in [0.29, 0.717) is 27.5 Å². The van der Waals surface area contributed by atoms with Gasteiger partial charge in [-0.05, 0) is 54.4 Å². The third-order valence-corrected chi connectivity index (χ3v) is 7.06. The number of hydrogen-bond acceptors (Lipinski definition) is 8. The van der Waals surface area contributed by atoms with Crippen molar-refractivity contribution in [3.05, 3.63) is 82.9 Å². The van der Waals surface area contributed by atoms with Crippen LogP contribution in [0.2, 0.25) is 0 Å². The Bertz CT molecular complexity index is 1560. The van der Waals surface area contributed by atoms with Gasteiger partial charge in [0.05, 0.1) is 36.1 Å². The van der Waals surface area contributed by atoms with Crippen LogP contribution in [0.1, 0.15) is 22.7 Å². The molecule has 1 saturated heterocycles. The molecule has 1 amide bonds. The van der Waals surface area contributed by atoms with Gasteiger partial charge in [0.25, 0.3) is 5.78 Å². The molecule has 1 unspecified atom stereocenters. The molecule has 8 nitrogen and oxygen atoms in total. The van der Waals surface area contributed by atoms with Crippen molar-refractivity contribution < 1.29 is 29.3 Å². The first-order chi connectivity index (χ1) is 17.3. The summed E-state index contributed by atoms with van der Waals surface area (Å²) in [7, 11) is 2.90. The maximum atomic E-state index is 13.4. The predicted octanol–water partition coefficient (Wildman–Crippen LogP) is 4.95. The van der Waals surface area contributed by atoms with E-state index < -0.39 is 17.7 Å². The molecule has 182 valence electrons. The summed E-state index contributed by atoms with van der Waals surface area (Å²) in [6.07, 6.45) is 0. The number of aromatic hydroxyl groups is 1. The van der Waals surface area contributed by atoms with E-state index in [0.717, 1.165) is 10.3 Å². The summed E-state index contributed by atoms with van der Waals surface area (Å²) >= 11 is 1.28. The second-order valence-electron chi connectivity index (χ2n) is 8.30. The first-order valence-electron chi connectivity index (χ1n) is 11.0. The number of carbonyl (C=O) groups excluding carboxylic acids is 2. The maximum absolute atomic E-state index is 13.4. The molecule has 3 aromatic carbocycles. The van der Waals surface area contributed by atoms with E-state index in [1.165, 1.54) is 42.6 Å². The number of aromatic nitrogens is 1. The molecule has 5 rings (SSSR count). The first-order valence-corrected chi connectivity index (χ1v) is 11.8. The zero-order valence-electron chi connectivity index (χ0n) is 19.7. The number of carbonyl (C=O) groups is 2. The number of ketones is 1. The minimum atomic E-state index is -1.01. The highest BCUT2D eigenvalue weighted by molar-refractivity contribution is 7.22. The van der Waals surface area contributed by atoms with Crippen molar-refractivity contribution >= 4 is 44.1 Å². The van der Waals surface area contributed by atoms with E-state index in [1.54, 1.807) is 30.3 Å². The van der Waals surface area contributed by atoms with Crippen molar-refractivity contribution in [2.24, 2.45) is 0 Å². The number of nitrogens with zero attached hydrogens (tertiary/aromatic N) is 2. The fourth-order valence-electron chi connectivity index (χ4n) is 4.26. The monoisotopic (exact) mass is 502 g/mol. The highest BCUT2D eigenvalue weighted by atomic mass is 32.1. The van der Waals surface area contributed by atoms with Crippen LogP contribution in [0.25, 0.3) is 16.0 Å². The first kappa shape index (κ1) is 23.4. The normalized spacial score (nSPS) is 17.1. The average molecular weight is 503 g/mol. The third-order valence-electron chi connectivity index (χ3n) is 6.05. The molecular weight excluding hydrogens is 480 g/mol. The number of ether oxygens (including phenoxy) is 2. The van der Waals surface area contributed by atoms with Gasteiger partial charge < -0.3 is 19.7 Å². The number of phenolic OH excluding ortho intramolecular Hbond substituents is 1. The second-order valence-corrected chi connectivity index (χ2v) is 9.31. The standard InChI is InChI=1S/C27H22N2O6S/c1-14-7-9-18-21(11-14)36-27(28-18)29-23(15-8-10-19(30)20(13-15)35-3)22(25(32)26(29)33)24(31)16-5-4-6-17(12-16)34-2/h4-13,23,30-31H,1-3H3. The number of benzene rings is 3. The summed E-state index contributed by atoms with van der Waals surface area (Å²) in [6, 6.07) is 15.9. The van der Waals surface area contributed by atoms with Gasteiger partial charge >= 0.3 is 5.91 Å². The number of phenols is 1. The molecule has 2 heterocycles. The van der Waals surface area contributed by atoms with E-state index in [9.17, 15) is 19.8 Å². The van der Waals surface area contributed by atoms with Gasteiger partial charge in [-0.3, -0.25) is 14.5 Å². The SMILES string of the molecule is COc1cccc(C(O)=C2C(=O)C(=O)N(c3nc4ccc(C)cc4s3)C2c2ccc(O)c(OC)c2)c1. The highest BCUT2D eigenvalue weighted by Gasteiger charge is 2.48. The zero-order valence-corrected chi connectivity index (χ0v) is 20.5. The lowest BCUT2D eigenvalue weighted by Crippen LogP contribution is -2.29. The van der Waals surface area contributed by atoms with E-state index in [1.807, 2.05) is 25.1 Å². The fraction of sp³-hybridized carbons (Fsp3) is 0.148. The second kappa shape index (κ2) is 9.01. The molecule has 1 aliphatic heterocycles. The van der Waals surface area contributed by atoms with Crippen LogP contribution in [-0.2, 0) is 9.59 Å². The van der Waals surface area contributed by atoms with E-state index >= 15 is 0 Å². The minimum Gasteiger partial charge on any atom is -0.507 e. The van der Waals surface area contributed by atoms with Gasteiger partial charge in [0.1, 0.15) is 11.5 Å². The molecule has 2 N–H and O–H groups in total. The lowest BCUT2D eigenvalue weighted by molar-refractivity contribution is -0.132. The van der Waals surface area contributed by atoms with Gasteiger partial charge in [0.2, 0.25) is 0 Å². The number of fused-ring (bicyclic) bond motifs is 1. The number of aryl methyl sites for hydroxylation is 1. The summed E-state index contributed by atoms with van der Waals surface area (Å²) in [6.45, 7) is 1.96. The summed E-state index contributed by atoms with van der Waals surface area (Å²) in [5.74, 6) is -1.45. The summed E-state index contributed by atoms with van der Waals surface area (Å²) in [5, 5.41) is 21.8. The van der Waals surface area contributed by atoms with E-state index in [4.69, 9.17) is 9.47 Å². The van der Waals surface area contributed by atoms with Crippen LogP contribution in [0, 0.1) is 6.92 Å². The predicted molar refractivity (Wildman–Crippen MR) is 137 cm³/mol. The zero-order chi connectivity index (χ0) is 25.6. The van der Waals surface area contributed by atoms with Crippen LogP contribution in [0.3, 0.4) is 0 Å². The molecule has 1 atom stereocenters. The van der Waals surface area contributed by atoms with Crippen LogP contribution in [0.15, 0.2) is 66.2 Å². The summed E-state index contributed by atoms with van der Waals surface area (Å²) in [4.78, 5) is 32.7. The Kier molecular flexibility index (Phi) is 5.85. The quantitative estimate of drug-likeness (QED) is 0.226. The lowest BCUT2D eigenvalue weighted by Gasteiger charge is -2.23. The Hall–Kier alpha value is -4.37. The van der Waals surface area contributed by atoms with Crippen LogP contribution < -0.4 is 14.4 Å². The molecule has 0 radical (unpaired) electrons. The molecule has 1 aliphatic rings. The van der Waals surface area contributed by atoms with Crippen LogP contribution in [-0.4, -0.2) is 41.1 Å². The number of rotatable bonds is 5. The van der Waals surface area contributed by atoms with Gasteiger partial charge in [-0.25, -0.2) is 4.98 Å². The Morgan fingerprint density at radius 3 is 2.58 bits per heavy atom. The van der Waals surface area contributed by atoms with Crippen molar-refractivity contribution in [2.45, 2.75) is 13.0 Å². The van der Waals surface area contributed by atoms with Crippen molar-refractivity contribution in [1.29, 1.82) is 0 Å². The molecule has 0 bridgehead atoms. The Labute approximate surface area is 210 Å². The van der Waals surface area contributed by atoms with Crippen molar-refractivity contribution in [2.75, 3.05) is 19.1 Å². The Balaban J connectivity index is 1.75. The van der Waals surface area contributed by atoms with Gasteiger partial charge in [-0.2, -0.15) is 0 Å². The van der Waals surface area contributed by atoms with Crippen LogP contribution in [0.5, 0.6) is 17.2 Å². The number of anilines is 1. The molecule has 36 heavy (non-hydrogen) atoms. The Morgan fingerprint density at radius 2 is 1.83 bits per heavy atom. The molecule has 1 aromatic heterocycles. The molecular formula is C27H22N2O6S. The van der Waals surface area contributed by atoms with Gasteiger partial charge in [-0.1, -0.05) is 35.6 Å². The molecule has 9 heteroatoms. The van der Waals surface area contributed by atoms with E-state index in [-0.39, 0.29) is 22.8 Å². The summed E-state index contributed by atoms with van der Waals surface area (Å²) in [5.41, 5.74) is 2.41. The van der Waals surface area contributed by atoms with Crippen LogP contribution >= 0.6 is 11.3 Å². The minimum absolute atomic E-state index is 0.0959. The third kappa shape index (κ3) is 3.83.